The van der Waals surface area contributed by atoms with Crippen LogP contribution in [0.15, 0.2) is 69.6 Å². The van der Waals surface area contributed by atoms with Crippen molar-refractivity contribution < 1.29 is 4.74 Å². The lowest BCUT2D eigenvalue weighted by Crippen LogP contribution is -2.15. The highest BCUT2D eigenvalue weighted by Crippen LogP contribution is 2.51. The Bertz CT molecular complexity index is 839. The molecule has 4 heteroatoms. The maximum Gasteiger partial charge on any atom is 0.152 e. The Hall–Kier alpha value is -1.78. The summed E-state index contributed by atoms with van der Waals surface area (Å²) in [4.78, 5) is 2.23. The van der Waals surface area contributed by atoms with Crippen LogP contribution in [0.2, 0.25) is 0 Å². The van der Waals surface area contributed by atoms with Gasteiger partial charge in [0.2, 0.25) is 0 Å². The Morgan fingerprint density at radius 1 is 0.739 bits per heavy atom. The van der Waals surface area contributed by atoms with Crippen LogP contribution in [0, 0.1) is 6.92 Å². The number of aryl methyl sites for hydroxylation is 1. The number of benzene rings is 3. The molecule has 2 nitrogen and oxygen atoms in total. The zero-order valence-electron chi connectivity index (χ0n) is 12.4. The largest absolute Gasteiger partial charge is 0.453 e. The summed E-state index contributed by atoms with van der Waals surface area (Å²) in [5.41, 5.74) is 4.43. The van der Waals surface area contributed by atoms with Crippen LogP contribution in [0.4, 0.5) is 17.1 Å². The second-order valence-electron chi connectivity index (χ2n) is 5.50. The van der Waals surface area contributed by atoms with Gasteiger partial charge in [0, 0.05) is 14.6 Å². The molecule has 0 saturated heterocycles. The fraction of sp³-hybridized carbons (Fsp3) is 0.0526. The number of hydrogen-bond donors (Lipinski definition) is 0. The Kier molecular flexibility index (Phi) is 3.66. The zero-order chi connectivity index (χ0) is 16.0. The highest BCUT2D eigenvalue weighted by atomic mass is 79.9. The van der Waals surface area contributed by atoms with E-state index in [1.54, 1.807) is 0 Å². The Morgan fingerprint density at radius 2 is 1.26 bits per heavy atom. The molecule has 0 bridgehead atoms. The van der Waals surface area contributed by atoms with Crippen LogP contribution in [0.25, 0.3) is 0 Å². The van der Waals surface area contributed by atoms with Crippen molar-refractivity contribution in [3.05, 3.63) is 75.2 Å². The van der Waals surface area contributed by atoms with E-state index < -0.39 is 0 Å². The van der Waals surface area contributed by atoms with Crippen LogP contribution in [0.5, 0.6) is 11.5 Å². The zero-order valence-corrected chi connectivity index (χ0v) is 15.6. The highest BCUT2D eigenvalue weighted by molar-refractivity contribution is 9.10. The van der Waals surface area contributed by atoms with Gasteiger partial charge in [-0.1, -0.05) is 49.6 Å². The highest BCUT2D eigenvalue weighted by Gasteiger charge is 2.26. The first-order valence-corrected chi connectivity index (χ1v) is 8.84. The summed E-state index contributed by atoms with van der Waals surface area (Å²) in [5, 5.41) is 0. The molecule has 4 rings (SSSR count). The van der Waals surface area contributed by atoms with Crippen LogP contribution in [0.3, 0.4) is 0 Å². The van der Waals surface area contributed by atoms with Gasteiger partial charge in [-0.3, -0.25) is 0 Å². The predicted octanol–water partition coefficient (Wildman–Crippen LogP) is 7.10. The van der Waals surface area contributed by atoms with Crippen LogP contribution in [-0.4, -0.2) is 0 Å². The lowest BCUT2D eigenvalue weighted by atomic mass is 10.1. The van der Waals surface area contributed by atoms with E-state index in [4.69, 9.17) is 4.74 Å². The summed E-state index contributed by atoms with van der Waals surface area (Å²) in [7, 11) is 0. The van der Waals surface area contributed by atoms with Crippen LogP contribution < -0.4 is 9.64 Å². The number of halogens is 2. The molecule has 0 saturated carbocycles. The van der Waals surface area contributed by atoms with Crippen molar-refractivity contribution in [2.45, 2.75) is 6.92 Å². The molecule has 1 heterocycles. The maximum atomic E-state index is 6.11. The molecule has 23 heavy (non-hydrogen) atoms. The molecule has 0 spiro atoms. The molecule has 1 aliphatic heterocycles. The summed E-state index contributed by atoms with van der Waals surface area (Å²) in [6.07, 6.45) is 0. The average Bonchev–Trinajstić information content (AvgIpc) is 2.53. The summed E-state index contributed by atoms with van der Waals surface area (Å²) in [6.45, 7) is 2.10. The molecular weight excluding hydrogens is 418 g/mol. The first-order chi connectivity index (χ1) is 11.1. The van der Waals surface area contributed by atoms with Crippen molar-refractivity contribution in [2.24, 2.45) is 0 Å². The Balaban J connectivity index is 1.95. The molecule has 0 fully saturated rings. The Labute approximate surface area is 152 Å². The van der Waals surface area contributed by atoms with Crippen molar-refractivity contribution in [1.29, 1.82) is 0 Å². The van der Waals surface area contributed by atoms with Gasteiger partial charge in [0.15, 0.2) is 11.5 Å². The fourth-order valence-corrected chi connectivity index (χ4v) is 3.41. The van der Waals surface area contributed by atoms with Gasteiger partial charge in [-0.25, -0.2) is 0 Å². The molecule has 1 aliphatic rings. The minimum absolute atomic E-state index is 0.838. The summed E-state index contributed by atoms with van der Waals surface area (Å²) < 4.78 is 8.11. The number of ether oxygens (including phenoxy) is 1. The van der Waals surface area contributed by atoms with E-state index in [2.05, 4.69) is 80.1 Å². The van der Waals surface area contributed by atoms with Gasteiger partial charge in [0.05, 0.1) is 11.4 Å². The number of anilines is 3. The normalized spacial score (nSPS) is 12.4. The number of fused-ring (bicyclic) bond motifs is 2. The van der Waals surface area contributed by atoms with Crippen LogP contribution in [-0.2, 0) is 0 Å². The summed E-state index contributed by atoms with van der Waals surface area (Å²) in [5.74, 6) is 1.68. The average molecular weight is 431 g/mol. The third kappa shape index (κ3) is 2.66. The summed E-state index contributed by atoms with van der Waals surface area (Å²) >= 11 is 7.05. The predicted molar refractivity (Wildman–Crippen MR) is 101 cm³/mol. The second-order valence-corrected chi connectivity index (χ2v) is 7.33. The quantitative estimate of drug-likeness (QED) is 0.319. The van der Waals surface area contributed by atoms with Crippen molar-refractivity contribution in [3.63, 3.8) is 0 Å². The smallest absolute Gasteiger partial charge is 0.152 e. The van der Waals surface area contributed by atoms with Gasteiger partial charge >= 0.3 is 0 Å². The minimum Gasteiger partial charge on any atom is -0.453 e. The van der Waals surface area contributed by atoms with Crippen molar-refractivity contribution in [2.75, 3.05) is 4.90 Å². The SMILES string of the molecule is Cc1ccc(N2c3ccc(Br)cc3Oc3cc(Br)ccc32)cc1. The van der Waals surface area contributed by atoms with E-state index in [9.17, 15) is 0 Å². The van der Waals surface area contributed by atoms with E-state index in [0.717, 1.165) is 37.5 Å². The van der Waals surface area contributed by atoms with Gasteiger partial charge in [0.1, 0.15) is 0 Å². The van der Waals surface area contributed by atoms with Crippen molar-refractivity contribution in [1.82, 2.24) is 0 Å². The molecule has 0 N–H and O–H groups in total. The van der Waals surface area contributed by atoms with Gasteiger partial charge < -0.3 is 9.64 Å². The van der Waals surface area contributed by atoms with Gasteiger partial charge in [-0.2, -0.15) is 0 Å². The first kappa shape index (κ1) is 14.8. The molecule has 0 unspecified atom stereocenters. The molecule has 0 amide bonds. The summed E-state index contributed by atoms with van der Waals surface area (Å²) in [6, 6.07) is 20.7. The molecule has 3 aromatic rings. The van der Waals surface area contributed by atoms with Crippen molar-refractivity contribution in [3.8, 4) is 11.5 Å². The lowest BCUT2D eigenvalue weighted by molar-refractivity contribution is 0.476. The third-order valence-electron chi connectivity index (χ3n) is 3.84. The molecule has 0 radical (unpaired) electrons. The topological polar surface area (TPSA) is 12.5 Å². The fourth-order valence-electron chi connectivity index (χ4n) is 2.73. The monoisotopic (exact) mass is 429 g/mol. The lowest BCUT2D eigenvalue weighted by Gasteiger charge is -2.33. The minimum atomic E-state index is 0.838. The van der Waals surface area contributed by atoms with E-state index >= 15 is 0 Å². The maximum absolute atomic E-state index is 6.11. The number of hydrogen-bond acceptors (Lipinski definition) is 2. The van der Waals surface area contributed by atoms with Crippen LogP contribution in [0.1, 0.15) is 5.56 Å². The van der Waals surface area contributed by atoms with E-state index in [0.29, 0.717) is 0 Å². The molecular formula is C19H13Br2NO. The standard InChI is InChI=1S/C19H13Br2NO/c1-12-2-6-15(7-3-12)22-16-8-4-13(20)10-18(16)23-19-11-14(21)5-9-17(19)22/h2-11H,1H3. The molecule has 0 atom stereocenters. The van der Waals surface area contributed by atoms with Gasteiger partial charge in [0.25, 0.3) is 0 Å². The third-order valence-corrected chi connectivity index (χ3v) is 4.82. The van der Waals surface area contributed by atoms with Gasteiger partial charge in [-0.05, 0) is 55.5 Å². The second kappa shape index (κ2) is 5.69. The Morgan fingerprint density at radius 3 is 1.78 bits per heavy atom. The van der Waals surface area contributed by atoms with E-state index in [1.807, 2.05) is 24.3 Å². The first-order valence-electron chi connectivity index (χ1n) is 7.25. The number of nitrogens with zero attached hydrogens (tertiary/aromatic N) is 1. The van der Waals surface area contributed by atoms with E-state index in [-0.39, 0.29) is 0 Å². The number of rotatable bonds is 1. The van der Waals surface area contributed by atoms with Crippen LogP contribution >= 0.6 is 31.9 Å². The van der Waals surface area contributed by atoms with Gasteiger partial charge in [-0.15, -0.1) is 0 Å². The molecule has 0 aliphatic carbocycles. The van der Waals surface area contributed by atoms with Crippen molar-refractivity contribution >= 4 is 48.9 Å². The molecule has 0 aromatic heterocycles. The van der Waals surface area contributed by atoms with E-state index in [1.165, 1.54) is 5.56 Å². The molecule has 3 aromatic carbocycles. The molecule has 114 valence electrons.